The molecular weight excluding hydrogens is 226 g/mol. The molecule has 4 N–H and O–H groups in total. The van der Waals surface area contributed by atoms with Gasteiger partial charge in [-0.05, 0) is 18.1 Å². The zero-order valence-electron chi connectivity index (χ0n) is 9.64. The summed E-state index contributed by atoms with van der Waals surface area (Å²) in [5.41, 5.74) is 5.55. The normalized spacial score (nSPS) is 23.4. The number of thioether (sulfide) groups is 1. The molecule has 0 bridgehead atoms. The number of hydrogen-bond acceptors (Lipinski definition) is 4. The van der Waals surface area contributed by atoms with E-state index >= 15 is 0 Å². The minimum Gasteiger partial charge on any atom is -0.409 e. The van der Waals surface area contributed by atoms with Crippen LogP contribution in [-0.4, -0.2) is 34.5 Å². The third-order valence-electron chi connectivity index (χ3n) is 2.70. The lowest BCUT2D eigenvalue weighted by Gasteiger charge is -2.22. The Bertz CT molecular complexity index is 275. The summed E-state index contributed by atoms with van der Waals surface area (Å²) in [5.74, 6) is 2.15. The molecule has 2 unspecified atom stereocenters. The Hall–Kier alpha value is -0.910. The molecule has 0 spiro atoms. The fraction of sp³-hybridized carbons (Fsp3) is 0.800. The van der Waals surface area contributed by atoms with Crippen LogP contribution in [0.1, 0.15) is 20.3 Å². The third-order valence-corrected chi connectivity index (χ3v) is 3.86. The molecule has 1 amide bonds. The van der Waals surface area contributed by atoms with E-state index in [0.29, 0.717) is 0 Å². The van der Waals surface area contributed by atoms with Crippen molar-refractivity contribution >= 4 is 23.5 Å². The molecule has 0 saturated carbocycles. The molecule has 0 aliphatic carbocycles. The van der Waals surface area contributed by atoms with Crippen LogP contribution in [0.5, 0.6) is 0 Å². The second kappa shape index (κ2) is 5.98. The average Bonchev–Trinajstić information content (AvgIpc) is 2.77. The van der Waals surface area contributed by atoms with E-state index in [4.69, 9.17) is 10.9 Å². The summed E-state index contributed by atoms with van der Waals surface area (Å²) < 4.78 is 0. The summed E-state index contributed by atoms with van der Waals surface area (Å²) in [6.45, 7) is 3.85. The van der Waals surface area contributed by atoms with Crippen LogP contribution in [0.2, 0.25) is 0 Å². The number of amides is 1. The predicted octanol–water partition coefficient (Wildman–Crippen LogP) is 0.627. The Morgan fingerprint density at radius 3 is 2.75 bits per heavy atom. The Morgan fingerprint density at radius 1 is 1.62 bits per heavy atom. The number of rotatable bonds is 4. The van der Waals surface area contributed by atoms with Crippen molar-refractivity contribution in [2.45, 2.75) is 26.3 Å². The van der Waals surface area contributed by atoms with Crippen LogP contribution in [-0.2, 0) is 4.79 Å². The molecule has 1 aliphatic heterocycles. The summed E-state index contributed by atoms with van der Waals surface area (Å²) in [4.78, 5) is 11.9. The molecule has 1 aliphatic rings. The molecule has 1 rings (SSSR count). The highest BCUT2D eigenvalue weighted by atomic mass is 32.2. The van der Waals surface area contributed by atoms with Gasteiger partial charge in [-0.25, -0.2) is 0 Å². The first-order valence-corrected chi connectivity index (χ1v) is 6.57. The van der Waals surface area contributed by atoms with Gasteiger partial charge in [-0.15, -0.1) is 0 Å². The fourth-order valence-electron chi connectivity index (χ4n) is 1.66. The van der Waals surface area contributed by atoms with E-state index in [1.54, 1.807) is 11.8 Å². The second-order valence-electron chi connectivity index (χ2n) is 4.32. The monoisotopic (exact) mass is 245 g/mol. The summed E-state index contributed by atoms with van der Waals surface area (Å²) in [7, 11) is 0. The van der Waals surface area contributed by atoms with E-state index in [0.717, 1.165) is 17.9 Å². The first-order chi connectivity index (χ1) is 7.56. The Balaban J connectivity index is 2.57. The van der Waals surface area contributed by atoms with Crippen molar-refractivity contribution in [2.24, 2.45) is 22.7 Å². The Labute approximate surface area is 99.8 Å². The summed E-state index contributed by atoms with van der Waals surface area (Å²) in [6.07, 6.45) is 0.914. The first-order valence-electron chi connectivity index (χ1n) is 5.41. The summed E-state index contributed by atoms with van der Waals surface area (Å²) in [5, 5.41) is 14.4. The van der Waals surface area contributed by atoms with Crippen LogP contribution in [0.3, 0.4) is 0 Å². The number of carbonyl (C=O) groups is 1. The van der Waals surface area contributed by atoms with E-state index in [1.807, 2.05) is 13.8 Å². The van der Waals surface area contributed by atoms with Crippen molar-refractivity contribution in [3.63, 3.8) is 0 Å². The molecule has 92 valence electrons. The van der Waals surface area contributed by atoms with Gasteiger partial charge in [0.05, 0.1) is 6.04 Å². The highest BCUT2D eigenvalue weighted by Gasteiger charge is 2.27. The number of oxime groups is 1. The molecule has 1 fully saturated rings. The predicted molar refractivity (Wildman–Crippen MR) is 65.6 cm³/mol. The topological polar surface area (TPSA) is 87.7 Å². The molecule has 0 radical (unpaired) electrons. The largest absolute Gasteiger partial charge is 0.409 e. The summed E-state index contributed by atoms with van der Waals surface area (Å²) >= 11 is 1.79. The van der Waals surface area contributed by atoms with Crippen LogP contribution >= 0.6 is 11.8 Å². The smallest absolute Gasteiger partial charge is 0.224 e. The van der Waals surface area contributed by atoms with E-state index in [2.05, 4.69) is 10.5 Å². The van der Waals surface area contributed by atoms with Gasteiger partial charge in [0, 0.05) is 11.7 Å². The molecule has 6 heteroatoms. The highest BCUT2D eigenvalue weighted by Crippen LogP contribution is 2.23. The van der Waals surface area contributed by atoms with Gasteiger partial charge in [-0.1, -0.05) is 19.0 Å². The van der Waals surface area contributed by atoms with Gasteiger partial charge in [0.25, 0.3) is 0 Å². The third kappa shape index (κ3) is 3.30. The quantitative estimate of drug-likeness (QED) is 0.293. The molecule has 1 heterocycles. The van der Waals surface area contributed by atoms with E-state index in [1.165, 1.54) is 0 Å². The van der Waals surface area contributed by atoms with Crippen LogP contribution in [0, 0.1) is 11.8 Å². The molecule has 1 saturated heterocycles. The van der Waals surface area contributed by atoms with Gasteiger partial charge >= 0.3 is 0 Å². The van der Waals surface area contributed by atoms with Gasteiger partial charge in [0.2, 0.25) is 5.91 Å². The number of hydrogen-bond donors (Lipinski definition) is 3. The van der Waals surface area contributed by atoms with Crippen molar-refractivity contribution in [3.05, 3.63) is 0 Å². The molecule has 0 aromatic carbocycles. The molecule has 5 nitrogen and oxygen atoms in total. The van der Waals surface area contributed by atoms with E-state index in [9.17, 15) is 4.79 Å². The van der Waals surface area contributed by atoms with Crippen LogP contribution in [0.25, 0.3) is 0 Å². The minimum absolute atomic E-state index is 0.00954. The lowest BCUT2D eigenvalue weighted by atomic mass is 10.0. The van der Waals surface area contributed by atoms with Gasteiger partial charge in [0.15, 0.2) is 5.84 Å². The lowest BCUT2D eigenvalue weighted by Crippen LogP contribution is -2.49. The average molecular weight is 245 g/mol. The SMILES string of the molecule is CC(C)C(NC(=O)C1CCSC1)C(N)=NO. The van der Waals surface area contributed by atoms with Crippen LogP contribution in [0.4, 0.5) is 0 Å². The van der Waals surface area contributed by atoms with Crippen molar-refractivity contribution in [3.8, 4) is 0 Å². The van der Waals surface area contributed by atoms with E-state index in [-0.39, 0.29) is 29.6 Å². The van der Waals surface area contributed by atoms with E-state index < -0.39 is 0 Å². The van der Waals surface area contributed by atoms with Crippen molar-refractivity contribution in [1.29, 1.82) is 0 Å². The van der Waals surface area contributed by atoms with Crippen molar-refractivity contribution in [2.75, 3.05) is 11.5 Å². The maximum Gasteiger partial charge on any atom is 0.224 e. The molecule has 0 aromatic rings. The Kier molecular flexibility index (Phi) is 4.92. The zero-order valence-corrected chi connectivity index (χ0v) is 10.5. The number of carbonyl (C=O) groups excluding carboxylic acids is 1. The van der Waals surface area contributed by atoms with Crippen LogP contribution in [0.15, 0.2) is 5.16 Å². The molecular formula is C10H19N3O2S. The van der Waals surface area contributed by atoms with Gasteiger partial charge in [-0.3, -0.25) is 4.79 Å². The second-order valence-corrected chi connectivity index (χ2v) is 5.47. The molecule has 2 atom stereocenters. The highest BCUT2D eigenvalue weighted by molar-refractivity contribution is 7.99. The maximum atomic E-state index is 11.9. The van der Waals surface area contributed by atoms with Gasteiger partial charge < -0.3 is 16.3 Å². The van der Waals surface area contributed by atoms with Crippen molar-refractivity contribution < 1.29 is 10.0 Å². The Morgan fingerprint density at radius 2 is 2.31 bits per heavy atom. The molecule has 16 heavy (non-hydrogen) atoms. The van der Waals surface area contributed by atoms with Gasteiger partial charge in [-0.2, -0.15) is 11.8 Å². The van der Waals surface area contributed by atoms with Crippen LogP contribution < -0.4 is 11.1 Å². The maximum absolute atomic E-state index is 11.9. The number of nitrogens with zero attached hydrogens (tertiary/aromatic N) is 1. The standard InChI is InChI=1S/C10H19N3O2S/c1-6(2)8(9(11)13-15)12-10(14)7-3-4-16-5-7/h6-8,15H,3-5H2,1-2H3,(H2,11,13)(H,12,14). The number of nitrogens with one attached hydrogen (secondary N) is 1. The van der Waals surface area contributed by atoms with Gasteiger partial charge in [0.1, 0.15) is 0 Å². The number of amidine groups is 1. The minimum atomic E-state index is -0.386. The summed E-state index contributed by atoms with van der Waals surface area (Å²) in [6, 6.07) is -0.386. The van der Waals surface area contributed by atoms with Crippen molar-refractivity contribution in [1.82, 2.24) is 5.32 Å². The zero-order chi connectivity index (χ0) is 12.1. The number of nitrogens with two attached hydrogens (primary N) is 1. The first kappa shape index (κ1) is 13.2. The lowest BCUT2D eigenvalue weighted by molar-refractivity contribution is -0.124. The fourth-order valence-corrected chi connectivity index (χ4v) is 2.88. The molecule has 0 aromatic heterocycles.